The minimum Gasteiger partial charge on any atom is -0.472 e. The minimum absolute atomic E-state index is 0.192. The lowest BCUT2D eigenvalue weighted by Gasteiger charge is -2.05. The maximum Gasteiger partial charge on any atom is 0.258 e. The van der Waals surface area contributed by atoms with Gasteiger partial charge in [0.1, 0.15) is 18.9 Å². The summed E-state index contributed by atoms with van der Waals surface area (Å²) in [4.78, 5) is 15.7. The van der Waals surface area contributed by atoms with Gasteiger partial charge in [-0.3, -0.25) is 4.79 Å². The van der Waals surface area contributed by atoms with Crippen LogP contribution in [0.1, 0.15) is 15.9 Å². The maximum absolute atomic E-state index is 11.8. The van der Waals surface area contributed by atoms with Crippen LogP contribution in [0.2, 0.25) is 0 Å². The fourth-order valence-electron chi connectivity index (χ4n) is 1.79. The van der Waals surface area contributed by atoms with Gasteiger partial charge in [-0.25, -0.2) is 9.67 Å². The molecule has 2 aromatic heterocycles. The number of nitrogens with zero attached hydrogens (tertiary/aromatic N) is 3. The first-order valence-corrected chi connectivity index (χ1v) is 6.06. The summed E-state index contributed by atoms with van der Waals surface area (Å²) >= 11 is 0. The van der Waals surface area contributed by atoms with Crippen LogP contribution in [0, 0.1) is 0 Å². The van der Waals surface area contributed by atoms with Gasteiger partial charge in [-0.15, -0.1) is 0 Å². The number of carbonyl (C=O) groups excluding carboxylic acids is 1. The lowest BCUT2D eigenvalue weighted by Crippen LogP contribution is -2.10. The van der Waals surface area contributed by atoms with Crippen LogP contribution in [0.15, 0.2) is 59.9 Å². The first kappa shape index (κ1) is 12.2. The van der Waals surface area contributed by atoms with E-state index in [0.29, 0.717) is 12.1 Å². The van der Waals surface area contributed by atoms with Crippen molar-refractivity contribution in [3.8, 4) is 0 Å². The molecule has 0 radical (unpaired) electrons. The van der Waals surface area contributed by atoms with Crippen molar-refractivity contribution in [3.05, 3.63) is 66.6 Å². The molecule has 0 saturated heterocycles. The number of benzene rings is 1. The molecule has 20 heavy (non-hydrogen) atoms. The fraction of sp³-hybridized carbons (Fsp3) is 0.0714. The summed E-state index contributed by atoms with van der Waals surface area (Å²) in [6.45, 7) is 0.649. The molecule has 0 aliphatic heterocycles. The molecule has 3 rings (SSSR count). The van der Waals surface area contributed by atoms with Crippen molar-refractivity contribution in [3.63, 3.8) is 0 Å². The van der Waals surface area contributed by atoms with Gasteiger partial charge < -0.3 is 9.73 Å². The Balaban J connectivity index is 1.65. The molecule has 100 valence electrons. The Bertz CT molecular complexity index is 673. The molecule has 0 atom stereocenters. The van der Waals surface area contributed by atoms with E-state index >= 15 is 0 Å². The predicted molar refractivity (Wildman–Crippen MR) is 72.2 cm³/mol. The van der Waals surface area contributed by atoms with E-state index in [1.807, 2.05) is 24.3 Å². The van der Waals surface area contributed by atoms with Crippen molar-refractivity contribution in [1.29, 1.82) is 0 Å². The number of rotatable bonds is 4. The molecule has 0 unspecified atom stereocenters. The highest BCUT2D eigenvalue weighted by atomic mass is 16.3. The van der Waals surface area contributed by atoms with Crippen LogP contribution < -0.4 is 5.32 Å². The third-order valence-corrected chi connectivity index (χ3v) is 2.81. The second-order valence-electron chi connectivity index (χ2n) is 4.26. The highest BCUT2D eigenvalue weighted by Crippen LogP contribution is 2.12. The van der Waals surface area contributed by atoms with Crippen molar-refractivity contribution in [1.82, 2.24) is 14.8 Å². The average molecular weight is 268 g/mol. The Kier molecular flexibility index (Phi) is 3.28. The largest absolute Gasteiger partial charge is 0.472 e. The van der Waals surface area contributed by atoms with E-state index in [0.717, 1.165) is 11.3 Å². The van der Waals surface area contributed by atoms with E-state index in [2.05, 4.69) is 15.4 Å². The summed E-state index contributed by atoms with van der Waals surface area (Å²) in [6.07, 6.45) is 6.04. The van der Waals surface area contributed by atoms with Gasteiger partial charge >= 0.3 is 0 Å². The van der Waals surface area contributed by atoms with Gasteiger partial charge in [0.05, 0.1) is 18.4 Å². The minimum atomic E-state index is -0.192. The van der Waals surface area contributed by atoms with Crippen LogP contribution in [0.3, 0.4) is 0 Å². The summed E-state index contributed by atoms with van der Waals surface area (Å²) in [6, 6.07) is 9.20. The van der Waals surface area contributed by atoms with Gasteiger partial charge in [-0.1, -0.05) is 12.1 Å². The number of nitrogens with one attached hydrogen (secondary N) is 1. The van der Waals surface area contributed by atoms with Crippen molar-refractivity contribution in [2.75, 3.05) is 5.32 Å². The summed E-state index contributed by atoms with van der Waals surface area (Å²) in [5.74, 6) is -0.192. The monoisotopic (exact) mass is 268 g/mol. The highest BCUT2D eigenvalue weighted by molar-refractivity contribution is 6.03. The first-order valence-electron chi connectivity index (χ1n) is 6.06. The number of furan rings is 1. The zero-order valence-corrected chi connectivity index (χ0v) is 10.6. The normalized spacial score (nSPS) is 10.4. The highest BCUT2D eigenvalue weighted by Gasteiger charge is 2.06. The molecular weight excluding hydrogens is 256 g/mol. The molecule has 0 saturated carbocycles. The van der Waals surface area contributed by atoms with Crippen molar-refractivity contribution >= 4 is 11.6 Å². The predicted octanol–water partition coefficient (Wildman–Crippen LogP) is 2.17. The molecule has 0 bridgehead atoms. The van der Waals surface area contributed by atoms with Crippen LogP contribution in [0.25, 0.3) is 0 Å². The van der Waals surface area contributed by atoms with Gasteiger partial charge in [0.15, 0.2) is 0 Å². The van der Waals surface area contributed by atoms with Crippen molar-refractivity contribution in [2.24, 2.45) is 0 Å². The van der Waals surface area contributed by atoms with Crippen LogP contribution in [-0.2, 0) is 6.54 Å². The zero-order valence-electron chi connectivity index (χ0n) is 10.6. The standard InChI is InChI=1S/C14H12N4O2/c19-14(12-5-6-20-8-12)17-13-3-1-11(2-4-13)7-18-10-15-9-16-18/h1-6,8-10H,7H2,(H,17,19). The topological polar surface area (TPSA) is 73.0 Å². The second-order valence-corrected chi connectivity index (χ2v) is 4.26. The molecule has 1 aromatic carbocycles. The summed E-state index contributed by atoms with van der Waals surface area (Å²) in [5, 5.41) is 6.84. The smallest absolute Gasteiger partial charge is 0.258 e. The second kappa shape index (κ2) is 5.40. The molecule has 0 fully saturated rings. The Morgan fingerprint density at radius 1 is 1.25 bits per heavy atom. The number of amides is 1. The third-order valence-electron chi connectivity index (χ3n) is 2.81. The molecule has 6 heteroatoms. The van der Waals surface area contributed by atoms with E-state index in [9.17, 15) is 4.79 Å². The van der Waals surface area contributed by atoms with E-state index in [1.165, 1.54) is 18.9 Å². The quantitative estimate of drug-likeness (QED) is 0.787. The van der Waals surface area contributed by atoms with Gasteiger partial charge in [0.25, 0.3) is 5.91 Å². The fourth-order valence-corrected chi connectivity index (χ4v) is 1.79. The van der Waals surface area contributed by atoms with Gasteiger partial charge in [-0.05, 0) is 23.8 Å². The van der Waals surface area contributed by atoms with Crippen LogP contribution in [0.4, 0.5) is 5.69 Å². The van der Waals surface area contributed by atoms with E-state index < -0.39 is 0 Å². The zero-order chi connectivity index (χ0) is 13.8. The Morgan fingerprint density at radius 2 is 2.10 bits per heavy atom. The molecular formula is C14H12N4O2. The lowest BCUT2D eigenvalue weighted by atomic mass is 10.2. The van der Waals surface area contributed by atoms with Gasteiger partial charge in [0.2, 0.25) is 0 Å². The molecule has 0 aliphatic rings. The molecule has 1 N–H and O–H groups in total. The van der Waals surface area contributed by atoms with E-state index in [4.69, 9.17) is 4.42 Å². The molecule has 2 heterocycles. The lowest BCUT2D eigenvalue weighted by molar-refractivity contribution is 0.102. The molecule has 0 spiro atoms. The van der Waals surface area contributed by atoms with Crippen molar-refractivity contribution < 1.29 is 9.21 Å². The summed E-state index contributed by atoms with van der Waals surface area (Å²) < 4.78 is 6.61. The Labute approximate surface area is 115 Å². The molecule has 0 aliphatic carbocycles. The van der Waals surface area contributed by atoms with Crippen LogP contribution in [-0.4, -0.2) is 20.7 Å². The maximum atomic E-state index is 11.8. The molecule has 3 aromatic rings. The summed E-state index contributed by atoms with van der Waals surface area (Å²) in [7, 11) is 0. The third kappa shape index (κ3) is 2.74. The number of hydrogen-bond acceptors (Lipinski definition) is 4. The number of hydrogen-bond donors (Lipinski definition) is 1. The number of aromatic nitrogens is 3. The SMILES string of the molecule is O=C(Nc1ccc(Cn2cncn2)cc1)c1ccoc1. The Morgan fingerprint density at radius 3 is 2.75 bits per heavy atom. The van der Waals surface area contributed by atoms with E-state index in [1.54, 1.807) is 17.1 Å². The van der Waals surface area contributed by atoms with Gasteiger partial charge in [0, 0.05) is 5.69 Å². The number of carbonyl (C=O) groups is 1. The number of anilines is 1. The molecule has 6 nitrogen and oxygen atoms in total. The van der Waals surface area contributed by atoms with Crippen LogP contribution >= 0.6 is 0 Å². The molecule has 1 amide bonds. The summed E-state index contributed by atoms with van der Waals surface area (Å²) in [5.41, 5.74) is 2.31. The van der Waals surface area contributed by atoms with E-state index in [-0.39, 0.29) is 5.91 Å². The first-order chi connectivity index (χ1) is 9.81. The Hall–Kier alpha value is -2.89. The van der Waals surface area contributed by atoms with Crippen molar-refractivity contribution in [2.45, 2.75) is 6.54 Å². The van der Waals surface area contributed by atoms with Gasteiger partial charge in [-0.2, -0.15) is 5.10 Å². The van der Waals surface area contributed by atoms with Crippen LogP contribution in [0.5, 0.6) is 0 Å². The average Bonchev–Trinajstić information content (AvgIpc) is 3.13.